The molecule has 1 aromatic heterocycles. The molecule has 0 radical (unpaired) electrons. The highest BCUT2D eigenvalue weighted by Gasteiger charge is 2.24. The summed E-state index contributed by atoms with van der Waals surface area (Å²) in [4.78, 5) is 0. The van der Waals surface area contributed by atoms with Crippen molar-refractivity contribution in [3.63, 3.8) is 0 Å². The van der Waals surface area contributed by atoms with Crippen LogP contribution in [0.3, 0.4) is 0 Å². The van der Waals surface area contributed by atoms with Gasteiger partial charge in [-0.15, -0.1) is 11.3 Å². The summed E-state index contributed by atoms with van der Waals surface area (Å²) in [5.74, 6) is 1.02. The first-order valence-electron chi connectivity index (χ1n) is 7.11. The molecule has 1 N–H and O–H groups in total. The number of hydrogen-bond donors (Lipinski definition) is 1. The lowest BCUT2D eigenvalue weighted by Crippen LogP contribution is -2.23. The van der Waals surface area contributed by atoms with Crippen LogP contribution in [0.25, 0.3) is 0 Å². The number of thiophene rings is 1. The summed E-state index contributed by atoms with van der Waals surface area (Å²) in [7, 11) is 0. The summed E-state index contributed by atoms with van der Waals surface area (Å²) in [6.45, 7) is 3.91. The van der Waals surface area contributed by atoms with Crippen molar-refractivity contribution in [2.75, 3.05) is 13.2 Å². The van der Waals surface area contributed by atoms with Crippen molar-refractivity contribution in [2.24, 2.45) is 0 Å². The van der Waals surface area contributed by atoms with Crippen LogP contribution in [0.2, 0.25) is 5.02 Å². The van der Waals surface area contributed by atoms with E-state index in [9.17, 15) is 0 Å². The van der Waals surface area contributed by atoms with Crippen molar-refractivity contribution in [1.29, 1.82) is 0 Å². The molecule has 1 unspecified atom stereocenters. The van der Waals surface area contributed by atoms with Crippen molar-refractivity contribution >= 4 is 45.5 Å². The predicted octanol–water partition coefficient (Wildman–Crippen LogP) is 5.03. The van der Waals surface area contributed by atoms with E-state index in [4.69, 9.17) is 16.3 Å². The topological polar surface area (TPSA) is 21.3 Å². The van der Waals surface area contributed by atoms with Crippen molar-refractivity contribution in [3.8, 4) is 5.75 Å². The lowest BCUT2D eigenvalue weighted by atomic mass is 9.97. The van der Waals surface area contributed by atoms with Gasteiger partial charge in [0.2, 0.25) is 0 Å². The number of hydrogen-bond acceptors (Lipinski definition) is 3. The molecule has 1 aliphatic rings. The largest absolute Gasteiger partial charge is 0.493 e. The number of halogens is 2. The normalized spacial score (nSPS) is 14.8. The average molecular weight is 434 g/mol. The summed E-state index contributed by atoms with van der Waals surface area (Å²) >= 11 is 10.5. The van der Waals surface area contributed by atoms with Crippen molar-refractivity contribution in [1.82, 2.24) is 5.32 Å². The predicted molar refractivity (Wildman–Crippen MR) is 97.8 cm³/mol. The number of benzene rings is 1. The highest BCUT2D eigenvalue weighted by Crippen LogP contribution is 2.39. The van der Waals surface area contributed by atoms with E-state index in [0.29, 0.717) is 0 Å². The molecule has 2 heterocycles. The van der Waals surface area contributed by atoms with Gasteiger partial charge < -0.3 is 10.1 Å². The fourth-order valence-electron chi connectivity index (χ4n) is 2.68. The second-order valence-electron chi connectivity index (χ2n) is 5.15. The van der Waals surface area contributed by atoms with Crippen LogP contribution >= 0.6 is 45.5 Å². The SMILES string of the molecule is CCCNC(c1csc(I)c1)c1cc(Cl)cc2c1OCC2. The van der Waals surface area contributed by atoms with Crippen LogP contribution in [-0.4, -0.2) is 13.2 Å². The van der Waals surface area contributed by atoms with Gasteiger partial charge in [-0.05, 0) is 70.3 Å². The van der Waals surface area contributed by atoms with E-state index in [1.54, 1.807) is 11.3 Å². The summed E-state index contributed by atoms with van der Waals surface area (Å²) in [6, 6.07) is 6.46. The lowest BCUT2D eigenvalue weighted by Gasteiger charge is -2.21. The molecule has 0 saturated carbocycles. The first-order valence-corrected chi connectivity index (χ1v) is 9.45. The number of fused-ring (bicyclic) bond motifs is 1. The van der Waals surface area contributed by atoms with E-state index in [1.165, 1.54) is 14.0 Å². The van der Waals surface area contributed by atoms with E-state index in [-0.39, 0.29) is 6.04 Å². The zero-order valence-corrected chi connectivity index (χ0v) is 15.5. The Bertz CT molecular complexity index is 643. The number of nitrogens with one attached hydrogen (secondary N) is 1. The minimum Gasteiger partial charge on any atom is -0.493 e. The monoisotopic (exact) mass is 433 g/mol. The van der Waals surface area contributed by atoms with Gasteiger partial charge in [0.25, 0.3) is 0 Å². The second-order valence-corrected chi connectivity index (χ2v) is 8.39. The van der Waals surface area contributed by atoms with E-state index in [2.05, 4.69) is 46.3 Å². The second kappa shape index (κ2) is 6.86. The van der Waals surface area contributed by atoms with E-state index in [0.717, 1.165) is 42.3 Å². The molecule has 21 heavy (non-hydrogen) atoms. The highest BCUT2D eigenvalue weighted by atomic mass is 127. The molecule has 0 fully saturated rings. The van der Waals surface area contributed by atoms with E-state index < -0.39 is 0 Å². The van der Waals surface area contributed by atoms with Gasteiger partial charge in [-0.2, -0.15) is 0 Å². The molecule has 112 valence electrons. The molecule has 0 spiro atoms. The maximum absolute atomic E-state index is 6.32. The van der Waals surface area contributed by atoms with Crippen LogP contribution in [0.5, 0.6) is 5.75 Å². The fourth-order valence-corrected chi connectivity index (χ4v) is 4.33. The van der Waals surface area contributed by atoms with Crippen LogP contribution < -0.4 is 10.1 Å². The van der Waals surface area contributed by atoms with Gasteiger partial charge in [0, 0.05) is 17.0 Å². The summed E-state index contributed by atoms with van der Waals surface area (Å²) in [6.07, 6.45) is 2.05. The van der Waals surface area contributed by atoms with Crippen molar-refractivity contribution in [2.45, 2.75) is 25.8 Å². The third kappa shape index (κ3) is 3.38. The summed E-state index contributed by atoms with van der Waals surface area (Å²) in [5.41, 5.74) is 3.68. The van der Waals surface area contributed by atoms with Crippen LogP contribution in [0.4, 0.5) is 0 Å². The van der Waals surface area contributed by atoms with Crippen LogP contribution in [0, 0.1) is 2.88 Å². The molecule has 0 aliphatic carbocycles. The molecule has 0 saturated heterocycles. The van der Waals surface area contributed by atoms with Crippen molar-refractivity contribution in [3.05, 3.63) is 48.2 Å². The van der Waals surface area contributed by atoms with Gasteiger partial charge in [-0.3, -0.25) is 0 Å². The van der Waals surface area contributed by atoms with Gasteiger partial charge in [-0.1, -0.05) is 18.5 Å². The Morgan fingerprint density at radius 2 is 2.29 bits per heavy atom. The minimum atomic E-state index is 0.148. The summed E-state index contributed by atoms with van der Waals surface area (Å²) in [5, 5.41) is 6.65. The Balaban J connectivity index is 2.04. The smallest absolute Gasteiger partial charge is 0.127 e. The quantitative estimate of drug-likeness (QED) is 0.668. The first kappa shape index (κ1) is 15.6. The maximum Gasteiger partial charge on any atom is 0.127 e. The van der Waals surface area contributed by atoms with Crippen LogP contribution in [0.15, 0.2) is 23.6 Å². The minimum absolute atomic E-state index is 0.148. The Labute approximate surface area is 148 Å². The zero-order chi connectivity index (χ0) is 14.8. The Morgan fingerprint density at radius 1 is 1.43 bits per heavy atom. The number of rotatable bonds is 5. The molecule has 3 rings (SSSR count). The lowest BCUT2D eigenvalue weighted by molar-refractivity contribution is 0.350. The third-order valence-corrected chi connectivity index (χ3v) is 5.63. The first-order chi connectivity index (χ1) is 10.2. The maximum atomic E-state index is 6.32. The molecule has 1 atom stereocenters. The molecular formula is C16H17ClINOS. The van der Waals surface area contributed by atoms with Gasteiger partial charge in [-0.25, -0.2) is 0 Å². The van der Waals surface area contributed by atoms with Crippen LogP contribution in [0.1, 0.15) is 36.1 Å². The van der Waals surface area contributed by atoms with Crippen LogP contribution in [-0.2, 0) is 6.42 Å². The Morgan fingerprint density at radius 3 is 3.00 bits per heavy atom. The van der Waals surface area contributed by atoms with Crippen molar-refractivity contribution < 1.29 is 4.74 Å². The number of ether oxygens (including phenoxy) is 1. The van der Waals surface area contributed by atoms with E-state index >= 15 is 0 Å². The van der Waals surface area contributed by atoms with Gasteiger partial charge in [0.1, 0.15) is 5.75 Å². The molecule has 2 aromatic rings. The van der Waals surface area contributed by atoms with Gasteiger partial charge in [0.05, 0.1) is 15.5 Å². The summed E-state index contributed by atoms with van der Waals surface area (Å²) < 4.78 is 7.17. The third-order valence-electron chi connectivity index (χ3n) is 3.61. The molecule has 0 amide bonds. The molecule has 5 heteroatoms. The average Bonchev–Trinajstić information content (AvgIpc) is 3.08. The highest BCUT2D eigenvalue weighted by molar-refractivity contribution is 14.1. The molecular weight excluding hydrogens is 417 g/mol. The molecule has 1 aromatic carbocycles. The van der Waals surface area contributed by atoms with Gasteiger partial charge >= 0.3 is 0 Å². The van der Waals surface area contributed by atoms with E-state index in [1.807, 2.05) is 12.1 Å². The van der Waals surface area contributed by atoms with Gasteiger partial charge in [0.15, 0.2) is 0 Å². The fraction of sp³-hybridized carbons (Fsp3) is 0.375. The molecule has 2 nitrogen and oxygen atoms in total. The Hall–Kier alpha value is -0.300. The zero-order valence-electron chi connectivity index (χ0n) is 11.8. The molecule has 1 aliphatic heterocycles. The molecule has 0 bridgehead atoms. The standard InChI is InChI=1S/C16H17ClINOS/c1-2-4-19-15(11-7-14(18)21-9-11)13-8-12(17)6-10-3-5-20-16(10)13/h6-9,15,19H,2-5H2,1H3. The Kier molecular flexibility index (Phi) is 5.09.